The molecule has 0 saturated heterocycles. The van der Waals surface area contributed by atoms with Crippen molar-refractivity contribution in [2.24, 2.45) is 11.1 Å². The molecule has 1 aromatic carbocycles. The molecule has 0 atom stereocenters. The molecule has 3 N–H and O–H groups in total. The monoisotopic (exact) mass is 251 g/mol. The van der Waals surface area contributed by atoms with E-state index in [0.717, 1.165) is 18.5 Å². The Morgan fingerprint density at radius 2 is 2.11 bits per heavy atom. The van der Waals surface area contributed by atoms with Gasteiger partial charge in [0.15, 0.2) is 0 Å². The second-order valence-corrected chi connectivity index (χ2v) is 5.42. The normalized spacial score (nSPS) is 11.8. The molecule has 4 heteroatoms. The summed E-state index contributed by atoms with van der Waals surface area (Å²) >= 11 is 0. The quantitative estimate of drug-likeness (QED) is 0.603. The van der Waals surface area contributed by atoms with Crippen LogP contribution in [0.1, 0.15) is 25.8 Å². The van der Waals surface area contributed by atoms with E-state index in [9.17, 15) is 4.39 Å². The van der Waals surface area contributed by atoms with Crippen LogP contribution >= 0.6 is 0 Å². The van der Waals surface area contributed by atoms with Crippen LogP contribution in [0.3, 0.4) is 0 Å². The highest BCUT2D eigenvalue weighted by Crippen LogP contribution is 2.20. The van der Waals surface area contributed by atoms with E-state index in [1.807, 2.05) is 27.0 Å². The zero-order valence-corrected chi connectivity index (χ0v) is 11.3. The number of nitrogens with two attached hydrogens (primary N) is 1. The minimum Gasteiger partial charge on any atom is -0.387 e. The smallest absolute Gasteiger partial charge is 0.123 e. The molecule has 100 valence electrons. The van der Waals surface area contributed by atoms with E-state index >= 15 is 0 Å². The summed E-state index contributed by atoms with van der Waals surface area (Å²) in [6, 6.07) is 6.63. The molecule has 0 aliphatic carbocycles. The molecule has 0 amide bonds. The fourth-order valence-corrected chi connectivity index (χ4v) is 1.63. The van der Waals surface area contributed by atoms with E-state index in [2.05, 4.69) is 4.90 Å². The van der Waals surface area contributed by atoms with Gasteiger partial charge in [-0.2, -0.15) is 0 Å². The molecule has 1 rings (SSSR count). The lowest BCUT2D eigenvalue weighted by atomic mass is 9.88. The van der Waals surface area contributed by atoms with Gasteiger partial charge in [0, 0.05) is 12.0 Å². The fourth-order valence-electron chi connectivity index (χ4n) is 1.63. The van der Waals surface area contributed by atoms with Crippen molar-refractivity contribution >= 4 is 5.84 Å². The predicted octanol–water partition coefficient (Wildman–Crippen LogP) is 2.61. The first kappa shape index (κ1) is 14.6. The third-order valence-corrected chi connectivity index (χ3v) is 3.19. The Morgan fingerprint density at radius 1 is 1.44 bits per heavy atom. The Morgan fingerprint density at radius 3 is 2.67 bits per heavy atom. The predicted molar refractivity (Wildman–Crippen MR) is 73.0 cm³/mol. The lowest BCUT2D eigenvalue weighted by molar-refractivity contribution is 0.284. The summed E-state index contributed by atoms with van der Waals surface area (Å²) < 4.78 is 13.0. The van der Waals surface area contributed by atoms with Crippen molar-refractivity contribution < 1.29 is 4.39 Å². The van der Waals surface area contributed by atoms with Crippen LogP contribution in [0.25, 0.3) is 0 Å². The largest absolute Gasteiger partial charge is 0.387 e. The molecule has 0 radical (unpaired) electrons. The van der Waals surface area contributed by atoms with Gasteiger partial charge in [-0.3, -0.25) is 5.41 Å². The Balaban J connectivity index is 2.47. The maximum absolute atomic E-state index is 13.0. The van der Waals surface area contributed by atoms with Gasteiger partial charge < -0.3 is 10.6 Å². The van der Waals surface area contributed by atoms with Crippen LogP contribution in [-0.2, 0) is 6.54 Å². The maximum atomic E-state index is 13.0. The van der Waals surface area contributed by atoms with E-state index in [0.29, 0.717) is 6.54 Å². The highest BCUT2D eigenvalue weighted by molar-refractivity contribution is 5.82. The Kier molecular flexibility index (Phi) is 4.84. The molecule has 0 spiro atoms. The number of benzene rings is 1. The lowest BCUT2D eigenvalue weighted by Crippen LogP contribution is -2.34. The number of rotatable bonds is 6. The van der Waals surface area contributed by atoms with Gasteiger partial charge >= 0.3 is 0 Å². The highest BCUT2D eigenvalue weighted by atomic mass is 19.1. The van der Waals surface area contributed by atoms with Gasteiger partial charge in [-0.05, 0) is 37.7 Å². The molecule has 0 heterocycles. The third kappa shape index (κ3) is 4.45. The van der Waals surface area contributed by atoms with Crippen molar-refractivity contribution in [3.63, 3.8) is 0 Å². The SMILES string of the molecule is CN(CCC(C)(C)C(=N)N)Cc1cccc(F)c1. The second kappa shape index (κ2) is 5.96. The first-order chi connectivity index (χ1) is 8.31. The van der Waals surface area contributed by atoms with Gasteiger partial charge in [0.2, 0.25) is 0 Å². The minimum absolute atomic E-state index is 0.204. The number of hydrogen-bond donors (Lipinski definition) is 2. The van der Waals surface area contributed by atoms with Crippen molar-refractivity contribution in [3.8, 4) is 0 Å². The van der Waals surface area contributed by atoms with Crippen molar-refractivity contribution in [2.45, 2.75) is 26.8 Å². The highest BCUT2D eigenvalue weighted by Gasteiger charge is 2.21. The summed E-state index contributed by atoms with van der Waals surface area (Å²) in [5.41, 5.74) is 6.22. The van der Waals surface area contributed by atoms with Crippen molar-refractivity contribution in [3.05, 3.63) is 35.6 Å². The Bertz CT molecular complexity index is 415. The van der Waals surface area contributed by atoms with Crippen LogP contribution in [0.15, 0.2) is 24.3 Å². The van der Waals surface area contributed by atoms with Crippen molar-refractivity contribution in [1.29, 1.82) is 5.41 Å². The number of hydrogen-bond acceptors (Lipinski definition) is 2. The molecule has 0 aliphatic heterocycles. The Hall–Kier alpha value is -1.42. The molecule has 0 saturated carbocycles. The Labute approximate surface area is 108 Å². The average Bonchev–Trinajstić information content (AvgIpc) is 2.26. The van der Waals surface area contributed by atoms with Gasteiger partial charge in [0.1, 0.15) is 5.82 Å². The van der Waals surface area contributed by atoms with Crippen LogP contribution in [0.4, 0.5) is 4.39 Å². The number of amidine groups is 1. The number of nitrogens with zero attached hydrogens (tertiary/aromatic N) is 1. The average molecular weight is 251 g/mol. The summed E-state index contributed by atoms with van der Waals surface area (Å²) in [6.07, 6.45) is 0.814. The van der Waals surface area contributed by atoms with E-state index in [1.54, 1.807) is 12.1 Å². The zero-order chi connectivity index (χ0) is 13.8. The van der Waals surface area contributed by atoms with Crippen LogP contribution in [-0.4, -0.2) is 24.3 Å². The van der Waals surface area contributed by atoms with Gasteiger partial charge in [0.05, 0.1) is 5.84 Å². The summed E-state index contributed by atoms with van der Waals surface area (Å²) in [4.78, 5) is 2.11. The molecule has 0 unspecified atom stereocenters. The number of nitrogens with one attached hydrogen (secondary N) is 1. The first-order valence-corrected chi connectivity index (χ1v) is 6.09. The molecule has 0 fully saturated rings. The summed E-state index contributed by atoms with van der Waals surface area (Å²) in [6.45, 7) is 5.45. The second-order valence-electron chi connectivity index (χ2n) is 5.42. The maximum Gasteiger partial charge on any atom is 0.123 e. The van der Waals surface area contributed by atoms with Gasteiger partial charge in [-0.25, -0.2) is 4.39 Å². The molecule has 1 aromatic rings. The minimum atomic E-state index is -0.282. The van der Waals surface area contributed by atoms with E-state index < -0.39 is 0 Å². The van der Waals surface area contributed by atoms with Crippen LogP contribution < -0.4 is 5.73 Å². The topological polar surface area (TPSA) is 53.1 Å². The molecule has 0 bridgehead atoms. The zero-order valence-electron chi connectivity index (χ0n) is 11.3. The number of halogens is 1. The van der Waals surface area contributed by atoms with Crippen LogP contribution in [0.5, 0.6) is 0 Å². The van der Waals surface area contributed by atoms with E-state index in [-0.39, 0.29) is 17.1 Å². The van der Waals surface area contributed by atoms with Crippen molar-refractivity contribution in [2.75, 3.05) is 13.6 Å². The van der Waals surface area contributed by atoms with Gasteiger partial charge in [-0.15, -0.1) is 0 Å². The standard InChI is InChI=1S/C14H22FN3/c1-14(2,13(16)17)7-8-18(3)10-11-5-4-6-12(15)9-11/h4-6,9H,7-8,10H2,1-3H3,(H3,16,17). The molecular formula is C14H22FN3. The summed E-state index contributed by atoms with van der Waals surface area (Å²) in [5.74, 6) is 0.00613. The molecular weight excluding hydrogens is 229 g/mol. The molecule has 0 aliphatic rings. The molecule has 0 aromatic heterocycles. The third-order valence-electron chi connectivity index (χ3n) is 3.19. The molecule has 18 heavy (non-hydrogen) atoms. The first-order valence-electron chi connectivity index (χ1n) is 6.09. The van der Waals surface area contributed by atoms with E-state index in [4.69, 9.17) is 11.1 Å². The lowest BCUT2D eigenvalue weighted by Gasteiger charge is -2.26. The van der Waals surface area contributed by atoms with E-state index in [1.165, 1.54) is 6.07 Å². The van der Waals surface area contributed by atoms with Gasteiger partial charge in [-0.1, -0.05) is 26.0 Å². The summed E-state index contributed by atoms with van der Waals surface area (Å²) in [7, 11) is 1.99. The fraction of sp³-hybridized carbons (Fsp3) is 0.500. The molecule has 3 nitrogen and oxygen atoms in total. The summed E-state index contributed by atoms with van der Waals surface area (Å²) in [5, 5.41) is 7.50. The van der Waals surface area contributed by atoms with Gasteiger partial charge in [0.25, 0.3) is 0 Å². The van der Waals surface area contributed by atoms with Crippen LogP contribution in [0.2, 0.25) is 0 Å². The van der Waals surface area contributed by atoms with Crippen molar-refractivity contribution in [1.82, 2.24) is 4.90 Å². The van der Waals surface area contributed by atoms with Crippen LogP contribution in [0, 0.1) is 16.6 Å².